The van der Waals surface area contributed by atoms with Crippen LogP contribution in [-0.2, 0) is 0 Å². The smallest absolute Gasteiger partial charge is 0.175 e. The van der Waals surface area contributed by atoms with Crippen molar-refractivity contribution in [1.29, 1.82) is 0 Å². The number of rotatable bonds is 4. The summed E-state index contributed by atoms with van der Waals surface area (Å²) in [5, 5.41) is 1.61. The highest BCUT2D eigenvalue weighted by atomic mass is 35.5. The molecule has 43 heavy (non-hydrogen) atoms. The Morgan fingerprint density at radius 3 is 2.33 bits per heavy atom. The van der Waals surface area contributed by atoms with E-state index in [2.05, 4.69) is 92.4 Å². The van der Waals surface area contributed by atoms with E-state index in [-0.39, 0.29) is 0 Å². The Balaban J connectivity index is 1.27. The number of halogens is 2. The van der Waals surface area contributed by atoms with Gasteiger partial charge >= 0.3 is 0 Å². The monoisotopic (exact) mass is 605 g/mol. The molecule has 4 aromatic carbocycles. The number of allylic oxidation sites excluding steroid dienone is 2. The summed E-state index contributed by atoms with van der Waals surface area (Å²) >= 11 is 14.1. The number of hydrogen-bond donors (Lipinski definition) is 0. The fourth-order valence-corrected chi connectivity index (χ4v) is 7.37. The maximum atomic E-state index is 7.06. The maximum absolute atomic E-state index is 7.06. The molecule has 0 amide bonds. The summed E-state index contributed by atoms with van der Waals surface area (Å²) in [5.41, 5.74) is 10.1. The predicted molar refractivity (Wildman–Crippen MR) is 173 cm³/mol. The van der Waals surface area contributed by atoms with Gasteiger partial charge in [0.05, 0.1) is 0 Å². The fourth-order valence-electron chi connectivity index (χ4n) is 6.86. The van der Waals surface area contributed by atoms with Crippen LogP contribution in [0.3, 0.4) is 0 Å². The fraction of sp³-hybridized carbons (Fsp3) is 0.222. The molecule has 0 radical (unpaired) electrons. The minimum Gasteiger partial charge on any atom is -0.455 e. The molecule has 0 fully saturated rings. The molecule has 4 aromatic rings. The van der Waals surface area contributed by atoms with Crippen molar-refractivity contribution in [3.63, 3.8) is 0 Å². The molecule has 1 unspecified atom stereocenters. The molecule has 5 nitrogen and oxygen atoms in total. The summed E-state index contributed by atoms with van der Waals surface area (Å²) in [7, 11) is 0. The summed E-state index contributed by atoms with van der Waals surface area (Å²) < 4.78 is 13.0. The van der Waals surface area contributed by atoms with E-state index in [1.54, 1.807) is 0 Å². The van der Waals surface area contributed by atoms with Crippen molar-refractivity contribution in [3.8, 4) is 28.4 Å². The highest BCUT2D eigenvalue weighted by Crippen LogP contribution is 2.51. The first kappa shape index (κ1) is 26.6. The lowest BCUT2D eigenvalue weighted by Crippen LogP contribution is -2.24. The number of anilines is 1. The summed E-state index contributed by atoms with van der Waals surface area (Å²) in [6, 6.07) is 21.3. The average Bonchev–Trinajstić information content (AvgIpc) is 3.56. The van der Waals surface area contributed by atoms with Crippen molar-refractivity contribution in [1.82, 2.24) is 0 Å². The van der Waals surface area contributed by atoms with Gasteiger partial charge in [-0.15, -0.1) is 0 Å². The number of benzene rings is 4. The molecule has 0 saturated carbocycles. The number of hydrogen-bond acceptors (Lipinski definition) is 5. The van der Waals surface area contributed by atoms with E-state index in [9.17, 15) is 0 Å². The largest absolute Gasteiger partial charge is 0.455 e. The summed E-state index contributed by atoms with van der Waals surface area (Å²) in [6.07, 6.45) is 3.76. The molecule has 0 spiro atoms. The molecule has 214 valence electrons. The van der Waals surface area contributed by atoms with E-state index in [1.807, 2.05) is 0 Å². The Bertz CT molecular complexity index is 2060. The van der Waals surface area contributed by atoms with E-state index in [1.165, 1.54) is 39.1 Å². The van der Waals surface area contributed by atoms with Gasteiger partial charge in [-0.3, -0.25) is 0 Å². The highest BCUT2D eigenvalue weighted by molar-refractivity contribution is 6.35. The molecule has 4 aliphatic rings. The molecule has 1 aliphatic carbocycles. The van der Waals surface area contributed by atoms with E-state index in [0.717, 1.165) is 36.7 Å². The Kier molecular flexibility index (Phi) is 6.18. The van der Waals surface area contributed by atoms with Gasteiger partial charge in [0.1, 0.15) is 37.9 Å². The predicted octanol–water partition coefficient (Wildman–Crippen LogP) is 9.13. The van der Waals surface area contributed by atoms with Gasteiger partial charge in [0, 0.05) is 36.7 Å². The quantitative estimate of drug-likeness (QED) is 0.205. The van der Waals surface area contributed by atoms with Crippen LogP contribution in [0.25, 0.3) is 16.7 Å². The summed E-state index contributed by atoms with van der Waals surface area (Å²) in [5.74, 6) is 2.54. The number of likely N-dealkylation sites (N-methyl/N-ethyl adjacent to an activating group) is 1. The molecule has 0 aromatic heterocycles. The summed E-state index contributed by atoms with van der Waals surface area (Å²) in [6.45, 7) is 8.17. The van der Waals surface area contributed by atoms with E-state index >= 15 is 0 Å². The average molecular weight is 607 g/mol. The normalized spacial score (nSPS) is 18.0. The molecular weight excluding hydrogens is 577 g/mol. The topological polar surface area (TPSA) is 46.4 Å². The zero-order valence-electron chi connectivity index (χ0n) is 24.2. The first-order valence-electron chi connectivity index (χ1n) is 14.9. The first-order chi connectivity index (χ1) is 21.0. The zero-order valence-corrected chi connectivity index (χ0v) is 25.7. The third-order valence-electron chi connectivity index (χ3n) is 8.94. The van der Waals surface area contributed by atoms with Crippen molar-refractivity contribution < 1.29 is 9.47 Å². The van der Waals surface area contributed by atoms with Gasteiger partial charge in [0.25, 0.3) is 0 Å². The van der Waals surface area contributed by atoms with Crippen molar-refractivity contribution in [3.05, 3.63) is 116 Å². The SMILES string of the molecule is CCC1=C(/C=C2\CN(CC)c3ccccc32)N=c2c(Cl)c3c(c(Cl)c2O1)=Nc1cc2c(cc1O3)C(CC)c1ccccc1-2. The Hall–Kier alpha value is -4.06. The van der Waals surface area contributed by atoms with Crippen LogP contribution in [0.4, 0.5) is 11.4 Å². The van der Waals surface area contributed by atoms with Gasteiger partial charge in [-0.05, 0) is 65.4 Å². The van der Waals surface area contributed by atoms with Crippen LogP contribution in [0.15, 0.2) is 88.2 Å². The van der Waals surface area contributed by atoms with Gasteiger partial charge in [-0.25, -0.2) is 9.98 Å². The van der Waals surface area contributed by atoms with Crippen LogP contribution in [0.5, 0.6) is 17.2 Å². The standard InChI is InChI=1S/C36H29Cl2N3O2/c1-4-20-22-12-7-8-13-23(22)24-16-27-30(17-25(20)24)43-36-32(38)33-35(31(37)34(36)40-27)42-29(5-2)26(39-33)15-19-18-41(6-3)28-14-10-9-11-21(19)28/h7-17,20H,4-6,18H2,1-3H3/b19-15+. The highest BCUT2D eigenvalue weighted by Gasteiger charge is 2.32. The Morgan fingerprint density at radius 1 is 0.837 bits per heavy atom. The van der Waals surface area contributed by atoms with E-state index in [4.69, 9.17) is 42.7 Å². The molecule has 0 saturated heterocycles. The zero-order chi connectivity index (χ0) is 29.4. The summed E-state index contributed by atoms with van der Waals surface area (Å²) in [4.78, 5) is 12.4. The van der Waals surface area contributed by atoms with Crippen molar-refractivity contribution in [2.75, 3.05) is 18.0 Å². The number of para-hydroxylation sites is 1. The van der Waals surface area contributed by atoms with Crippen LogP contribution in [0, 0.1) is 0 Å². The molecule has 0 N–H and O–H groups in total. The lowest BCUT2D eigenvalue weighted by Gasteiger charge is -2.22. The first-order valence-corrected chi connectivity index (χ1v) is 15.7. The van der Waals surface area contributed by atoms with Crippen molar-refractivity contribution in [2.45, 2.75) is 39.5 Å². The number of fused-ring (bicyclic) bond motifs is 7. The van der Waals surface area contributed by atoms with Crippen LogP contribution in [-0.4, -0.2) is 13.1 Å². The third-order valence-corrected chi connectivity index (χ3v) is 9.64. The molecule has 0 bridgehead atoms. The van der Waals surface area contributed by atoms with Crippen LogP contribution >= 0.6 is 23.2 Å². The molecule has 8 rings (SSSR count). The number of nitrogens with zero attached hydrogens (tertiary/aromatic N) is 3. The maximum Gasteiger partial charge on any atom is 0.175 e. The van der Waals surface area contributed by atoms with Gasteiger partial charge in [0.15, 0.2) is 17.2 Å². The van der Waals surface area contributed by atoms with Crippen LogP contribution in [0.2, 0.25) is 10.0 Å². The second-order valence-electron chi connectivity index (χ2n) is 11.2. The van der Waals surface area contributed by atoms with Crippen LogP contribution < -0.4 is 25.1 Å². The minimum absolute atomic E-state index is 0.310. The number of ether oxygens (including phenoxy) is 2. The second kappa shape index (κ2) is 10.0. The van der Waals surface area contributed by atoms with Gasteiger partial charge < -0.3 is 14.4 Å². The Morgan fingerprint density at radius 2 is 1.56 bits per heavy atom. The van der Waals surface area contributed by atoms with Crippen molar-refractivity contribution >= 4 is 40.1 Å². The molecule has 7 heteroatoms. The molecule has 3 heterocycles. The van der Waals surface area contributed by atoms with Crippen LogP contribution in [0.1, 0.15) is 56.2 Å². The van der Waals surface area contributed by atoms with Gasteiger partial charge in [0.2, 0.25) is 0 Å². The van der Waals surface area contributed by atoms with E-state index < -0.39 is 0 Å². The third kappa shape index (κ3) is 3.91. The Labute approximate surface area is 260 Å². The minimum atomic E-state index is 0.310. The lowest BCUT2D eigenvalue weighted by molar-refractivity contribution is 0.387. The van der Waals surface area contributed by atoms with Gasteiger partial charge in [-0.1, -0.05) is 79.5 Å². The van der Waals surface area contributed by atoms with Crippen molar-refractivity contribution in [2.24, 2.45) is 9.98 Å². The molecular formula is C36H29Cl2N3O2. The lowest BCUT2D eigenvalue weighted by atomic mass is 9.94. The molecule has 3 aliphatic heterocycles. The van der Waals surface area contributed by atoms with E-state index in [0.29, 0.717) is 50.3 Å². The second-order valence-corrected chi connectivity index (χ2v) is 12.0. The molecule has 1 atom stereocenters. The van der Waals surface area contributed by atoms with Gasteiger partial charge in [-0.2, -0.15) is 0 Å².